The minimum absolute atomic E-state index is 0.0227. The molecule has 1 fully saturated rings. The summed E-state index contributed by atoms with van der Waals surface area (Å²) >= 11 is 0. The molecule has 1 heteroatoms. The number of hydrogen-bond acceptors (Lipinski definition) is 1. The molecule has 2 atom stereocenters. The third-order valence-electron chi connectivity index (χ3n) is 4.11. The lowest BCUT2D eigenvalue weighted by atomic mass is 9.73. The van der Waals surface area contributed by atoms with E-state index in [-0.39, 0.29) is 5.54 Å². The van der Waals surface area contributed by atoms with Crippen LogP contribution in [0.25, 0.3) is 0 Å². The maximum atomic E-state index is 6.58. The molecule has 74 valence electrons. The van der Waals surface area contributed by atoms with E-state index in [0.29, 0.717) is 5.92 Å². The van der Waals surface area contributed by atoms with Crippen LogP contribution in [0.2, 0.25) is 0 Å². The van der Waals surface area contributed by atoms with E-state index < -0.39 is 0 Å². The van der Waals surface area contributed by atoms with Crippen LogP contribution in [-0.2, 0) is 12.0 Å². The van der Waals surface area contributed by atoms with E-state index >= 15 is 0 Å². The average molecular weight is 187 g/mol. The quantitative estimate of drug-likeness (QED) is 0.663. The molecule has 0 spiro atoms. The van der Waals surface area contributed by atoms with E-state index in [0.717, 1.165) is 0 Å². The van der Waals surface area contributed by atoms with Crippen LogP contribution < -0.4 is 5.73 Å². The summed E-state index contributed by atoms with van der Waals surface area (Å²) in [6, 6.07) is 8.76. The SMILES string of the molecule is N[C@]12CCCC[C@H]1Cc1ccccc12. The second-order valence-electron chi connectivity index (χ2n) is 4.84. The molecule has 0 radical (unpaired) electrons. The molecule has 14 heavy (non-hydrogen) atoms. The summed E-state index contributed by atoms with van der Waals surface area (Å²) in [6.07, 6.45) is 6.41. The van der Waals surface area contributed by atoms with Gasteiger partial charge in [-0.25, -0.2) is 0 Å². The van der Waals surface area contributed by atoms with Crippen LogP contribution in [0.5, 0.6) is 0 Å². The molecule has 1 saturated carbocycles. The van der Waals surface area contributed by atoms with Crippen molar-refractivity contribution in [2.24, 2.45) is 11.7 Å². The summed E-state index contributed by atoms with van der Waals surface area (Å²) in [6.45, 7) is 0. The highest BCUT2D eigenvalue weighted by Gasteiger charge is 2.44. The van der Waals surface area contributed by atoms with Crippen LogP contribution in [0.1, 0.15) is 36.8 Å². The van der Waals surface area contributed by atoms with Crippen LogP contribution in [0, 0.1) is 5.92 Å². The maximum absolute atomic E-state index is 6.58. The lowest BCUT2D eigenvalue weighted by molar-refractivity contribution is 0.212. The number of rotatable bonds is 0. The molecule has 3 rings (SSSR count). The highest BCUT2D eigenvalue weighted by Crippen LogP contribution is 2.47. The molecule has 0 amide bonds. The molecular formula is C13H17N. The first-order chi connectivity index (χ1) is 6.81. The van der Waals surface area contributed by atoms with E-state index in [2.05, 4.69) is 24.3 Å². The molecule has 0 aromatic heterocycles. The predicted molar refractivity (Wildman–Crippen MR) is 58.0 cm³/mol. The van der Waals surface area contributed by atoms with E-state index in [9.17, 15) is 0 Å². The Bertz CT molecular complexity index is 358. The second kappa shape index (κ2) is 2.83. The van der Waals surface area contributed by atoms with Crippen molar-refractivity contribution in [2.45, 2.75) is 37.6 Å². The summed E-state index contributed by atoms with van der Waals surface area (Å²) < 4.78 is 0. The van der Waals surface area contributed by atoms with Crippen LogP contribution in [0.3, 0.4) is 0 Å². The third kappa shape index (κ3) is 0.992. The van der Waals surface area contributed by atoms with Gasteiger partial charge in [0.25, 0.3) is 0 Å². The Labute approximate surface area is 85.3 Å². The largest absolute Gasteiger partial charge is 0.321 e. The molecule has 0 heterocycles. The van der Waals surface area contributed by atoms with Gasteiger partial charge in [-0.3, -0.25) is 0 Å². The average Bonchev–Trinajstić information content (AvgIpc) is 2.51. The summed E-state index contributed by atoms with van der Waals surface area (Å²) in [5.41, 5.74) is 9.54. The molecule has 0 aliphatic heterocycles. The van der Waals surface area contributed by atoms with Crippen molar-refractivity contribution in [1.82, 2.24) is 0 Å². The smallest absolute Gasteiger partial charge is 0.0444 e. The lowest BCUT2D eigenvalue weighted by Crippen LogP contribution is -2.43. The molecule has 1 aromatic carbocycles. The Morgan fingerprint density at radius 3 is 3.00 bits per heavy atom. The Morgan fingerprint density at radius 2 is 2.07 bits per heavy atom. The first-order valence-electron chi connectivity index (χ1n) is 5.68. The van der Waals surface area contributed by atoms with E-state index in [1.165, 1.54) is 43.2 Å². The van der Waals surface area contributed by atoms with E-state index in [1.54, 1.807) is 0 Å². The zero-order valence-corrected chi connectivity index (χ0v) is 8.50. The fourth-order valence-corrected chi connectivity index (χ4v) is 3.33. The maximum Gasteiger partial charge on any atom is 0.0444 e. The van der Waals surface area contributed by atoms with Gasteiger partial charge in [-0.05, 0) is 36.3 Å². The minimum Gasteiger partial charge on any atom is -0.321 e. The number of nitrogens with two attached hydrogens (primary N) is 1. The monoisotopic (exact) mass is 187 g/mol. The fraction of sp³-hybridized carbons (Fsp3) is 0.538. The molecule has 0 bridgehead atoms. The van der Waals surface area contributed by atoms with Gasteiger partial charge in [-0.2, -0.15) is 0 Å². The van der Waals surface area contributed by atoms with Gasteiger partial charge in [0.05, 0.1) is 0 Å². The summed E-state index contributed by atoms with van der Waals surface area (Å²) in [4.78, 5) is 0. The van der Waals surface area contributed by atoms with Crippen molar-refractivity contribution in [3.05, 3.63) is 35.4 Å². The number of benzene rings is 1. The molecular weight excluding hydrogens is 170 g/mol. The van der Waals surface area contributed by atoms with Crippen molar-refractivity contribution in [2.75, 3.05) is 0 Å². The first-order valence-corrected chi connectivity index (χ1v) is 5.68. The van der Waals surface area contributed by atoms with Gasteiger partial charge in [0, 0.05) is 5.54 Å². The van der Waals surface area contributed by atoms with Gasteiger partial charge in [-0.15, -0.1) is 0 Å². The van der Waals surface area contributed by atoms with Crippen molar-refractivity contribution >= 4 is 0 Å². The molecule has 0 unspecified atom stereocenters. The second-order valence-corrected chi connectivity index (χ2v) is 4.84. The Morgan fingerprint density at radius 1 is 1.21 bits per heavy atom. The van der Waals surface area contributed by atoms with E-state index in [4.69, 9.17) is 5.73 Å². The first kappa shape index (κ1) is 8.49. The van der Waals surface area contributed by atoms with Gasteiger partial charge >= 0.3 is 0 Å². The third-order valence-corrected chi connectivity index (χ3v) is 4.11. The Kier molecular flexibility index (Phi) is 1.72. The Balaban J connectivity index is 2.10. The molecule has 0 saturated heterocycles. The summed E-state index contributed by atoms with van der Waals surface area (Å²) in [7, 11) is 0. The van der Waals surface area contributed by atoms with Gasteiger partial charge in [0.15, 0.2) is 0 Å². The lowest BCUT2D eigenvalue weighted by Gasteiger charge is -2.36. The summed E-state index contributed by atoms with van der Waals surface area (Å²) in [5.74, 6) is 0.716. The van der Waals surface area contributed by atoms with Gasteiger partial charge in [0.1, 0.15) is 0 Å². The number of fused-ring (bicyclic) bond motifs is 3. The zero-order chi connectivity index (χ0) is 9.60. The highest BCUT2D eigenvalue weighted by atomic mass is 14.8. The van der Waals surface area contributed by atoms with Gasteiger partial charge < -0.3 is 5.73 Å². The van der Waals surface area contributed by atoms with Crippen LogP contribution in [-0.4, -0.2) is 0 Å². The molecule has 2 N–H and O–H groups in total. The molecule has 2 aliphatic carbocycles. The van der Waals surface area contributed by atoms with Crippen molar-refractivity contribution in [1.29, 1.82) is 0 Å². The standard InChI is InChI=1S/C13H17N/c14-13-8-4-3-6-11(13)9-10-5-1-2-7-12(10)13/h1-2,5,7,11H,3-4,6,8-9,14H2/t11-,13+/m0/s1. The van der Waals surface area contributed by atoms with Gasteiger partial charge in [-0.1, -0.05) is 37.1 Å². The predicted octanol–water partition coefficient (Wildman–Crippen LogP) is 2.59. The molecule has 1 aromatic rings. The van der Waals surface area contributed by atoms with Crippen LogP contribution >= 0.6 is 0 Å². The topological polar surface area (TPSA) is 26.0 Å². The zero-order valence-electron chi connectivity index (χ0n) is 8.50. The molecule has 1 nitrogen and oxygen atoms in total. The van der Waals surface area contributed by atoms with Crippen molar-refractivity contribution in [3.8, 4) is 0 Å². The Hall–Kier alpha value is -0.820. The molecule has 2 aliphatic rings. The van der Waals surface area contributed by atoms with Gasteiger partial charge in [0.2, 0.25) is 0 Å². The normalized spacial score (nSPS) is 35.1. The highest BCUT2D eigenvalue weighted by molar-refractivity contribution is 5.40. The number of hydrogen-bond donors (Lipinski definition) is 1. The fourth-order valence-electron chi connectivity index (χ4n) is 3.33. The van der Waals surface area contributed by atoms with Crippen LogP contribution in [0.4, 0.5) is 0 Å². The minimum atomic E-state index is 0.0227. The van der Waals surface area contributed by atoms with Crippen molar-refractivity contribution in [3.63, 3.8) is 0 Å². The van der Waals surface area contributed by atoms with Crippen LogP contribution in [0.15, 0.2) is 24.3 Å². The van der Waals surface area contributed by atoms with E-state index in [1.807, 2.05) is 0 Å². The van der Waals surface area contributed by atoms with Crippen molar-refractivity contribution < 1.29 is 0 Å². The summed E-state index contributed by atoms with van der Waals surface area (Å²) in [5, 5.41) is 0.